The van der Waals surface area contributed by atoms with Crippen molar-refractivity contribution in [2.75, 3.05) is 12.4 Å². The van der Waals surface area contributed by atoms with Crippen molar-refractivity contribution < 1.29 is 9.66 Å². The Morgan fingerprint density at radius 1 is 1.24 bits per heavy atom. The molecule has 21 heavy (non-hydrogen) atoms. The molecule has 2 aromatic rings. The van der Waals surface area contributed by atoms with Gasteiger partial charge in [-0.25, -0.2) is 4.98 Å². The summed E-state index contributed by atoms with van der Waals surface area (Å²) in [5.41, 5.74) is 1.17. The van der Waals surface area contributed by atoms with Crippen molar-refractivity contribution in [3.8, 4) is 11.6 Å². The van der Waals surface area contributed by atoms with E-state index >= 15 is 0 Å². The van der Waals surface area contributed by atoms with Gasteiger partial charge in [-0.2, -0.15) is 4.98 Å². The van der Waals surface area contributed by atoms with Crippen LogP contribution in [0.2, 0.25) is 0 Å². The number of ether oxygens (including phenoxy) is 1. The lowest BCUT2D eigenvalue weighted by atomic mass is 10.2. The Morgan fingerprint density at radius 2 is 1.95 bits per heavy atom. The first-order valence-electron chi connectivity index (χ1n) is 6.39. The van der Waals surface area contributed by atoms with Gasteiger partial charge in [0.2, 0.25) is 11.6 Å². The first-order valence-corrected chi connectivity index (χ1v) is 6.39. The zero-order valence-corrected chi connectivity index (χ0v) is 12.3. The van der Waals surface area contributed by atoms with Crippen LogP contribution in [-0.2, 0) is 0 Å². The molecule has 110 valence electrons. The predicted octanol–water partition coefficient (Wildman–Crippen LogP) is 3.14. The summed E-state index contributed by atoms with van der Waals surface area (Å²) < 4.78 is 5.67. The minimum atomic E-state index is -0.451. The summed E-state index contributed by atoms with van der Waals surface area (Å²) in [6.07, 6.45) is 0. The zero-order chi connectivity index (χ0) is 15.6. The third-order valence-electron chi connectivity index (χ3n) is 3.04. The van der Waals surface area contributed by atoms with E-state index in [0.717, 1.165) is 0 Å². The summed E-state index contributed by atoms with van der Waals surface area (Å²) in [5, 5.41) is 14.1. The summed E-state index contributed by atoms with van der Waals surface area (Å²) in [6, 6.07) is 4.93. The lowest BCUT2D eigenvalue weighted by molar-refractivity contribution is -0.386. The number of rotatable bonds is 4. The predicted molar refractivity (Wildman–Crippen MR) is 79.0 cm³/mol. The van der Waals surface area contributed by atoms with E-state index in [1.54, 1.807) is 46.0 Å². The summed E-state index contributed by atoms with van der Waals surface area (Å²) in [7, 11) is 1.74. The monoisotopic (exact) mass is 288 g/mol. The summed E-state index contributed by atoms with van der Waals surface area (Å²) in [4.78, 5) is 19.2. The molecule has 1 aromatic carbocycles. The van der Waals surface area contributed by atoms with Crippen molar-refractivity contribution in [3.63, 3.8) is 0 Å². The fourth-order valence-electron chi connectivity index (χ4n) is 2.00. The largest absolute Gasteiger partial charge is 0.431 e. The lowest BCUT2D eigenvalue weighted by Crippen LogP contribution is -2.04. The number of hydrogen-bond donors (Lipinski definition) is 1. The van der Waals surface area contributed by atoms with Crippen LogP contribution < -0.4 is 10.1 Å². The van der Waals surface area contributed by atoms with Crippen LogP contribution in [0, 0.1) is 30.9 Å². The number of nitrogens with one attached hydrogen (secondary N) is 1. The van der Waals surface area contributed by atoms with Crippen LogP contribution in [0.5, 0.6) is 11.6 Å². The Labute approximate surface area is 122 Å². The van der Waals surface area contributed by atoms with Gasteiger partial charge >= 0.3 is 5.69 Å². The number of aryl methyl sites for hydroxylation is 2. The zero-order valence-electron chi connectivity index (χ0n) is 12.3. The highest BCUT2D eigenvalue weighted by Crippen LogP contribution is 2.35. The van der Waals surface area contributed by atoms with E-state index in [0.29, 0.717) is 28.6 Å². The van der Waals surface area contributed by atoms with Crippen LogP contribution in [-0.4, -0.2) is 21.9 Å². The molecule has 0 aliphatic carbocycles. The first kappa shape index (κ1) is 14.7. The Bertz CT molecular complexity index is 701. The van der Waals surface area contributed by atoms with Gasteiger partial charge in [-0.1, -0.05) is 12.1 Å². The normalized spacial score (nSPS) is 10.3. The average molecular weight is 288 g/mol. The van der Waals surface area contributed by atoms with Crippen LogP contribution in [0.1, 0.15) is 17.0 Å². The third-order valence-corrected chi connectivity index (χ3v) is 3.04. The molecule has 0 amide bonds. The maximum Gasteiger partial charge on any atom is 0.314 e. The maximum absolute atomic E-state index is 11.2. The molecule has 0 aliphatic heterocycles. The lowest BCUT2D eigenvalue weighted by Gasteiger charge is -2.12. The molecular formula is C14H16N4O3. The smallest absolute Gasteiger partial charge is 0.314 e. The van der Waals surface area contributed by atoms with Crippen LogP contribution in [0.3, 0.4) is 0 Å². The molecule has 0 bridgehead atoms. The van der Waals surface area contributed by atoms with E-state index in [2.05, 4.69) is 15.3 Å². The van der Waals surface area contributed by atoms with Crippen molar-refractivity contribution in [2.45, 2.75) is 20.8 Å². The van der Waals surface area contributed by atoms with Gasteiger partial charge < -0.3 is 10.1 Å². The highest BCUT2D eigenvalue weighted by molar-refractivity contribution is 5.55. The first-order chi connectivity index (χ1) is 9.93. The number of nitrogens with zero attached hydrogens (tertiary/aromatic N) is 3. The van der Waals surface area contributed by atoms with E-state index in [-0.39, 0.29) is 11.4 Å². The van der Waals surface area contributed by atoms with Gasteiger partial charge in [-0.05, 0) is 26.8 Å². The Balaban J connectivity index is 2.51. The summed E-state index contributed by atoms with van der Waals surface area (Å²) in [6.45, 7) is 5.20. The molecule has 1 heterocycles. The van der Waals surface area contributed by atoms with Gasteiger partial charge in [-0.15, -0.1) is 0 Å². The van der Waals surface area contributed by atoms with Crippen molar-refractivity contribution in [3.05, 3.63) is 45.3 Å². The second kappa shape index (κ2) is 5.74. The molecule has 0 atom stereocenters. The van der Waals surface area contributed by atoms with Crippen molar-refractivity contribution in [1.29, 1.82) is 0 Å². The van der Waals surface area contributed by atoms with Gasteiger partial charge in [0.25, 0.3) is 0 Å². The van der Waals surface area contributed by atoms with Crippen LogP contribution >= 0.6 is 0 Å². The molecule has 0 spiro atoms. The number of anilines is 1. The van der Waals surface area contributed by atoms with Crippen LogP contribution in [0.15, 0.2) is 18.2 Å². The highest BCUT2D eigenvalue weighted by atomic mass is 16.6. The van der Waals surface area contributed by atoms with Gasteiger partial charge in [0.1, 0.15) is 11.6 Å². The van der Waals surface area contributed by atoms with Crippen molar-refractivity contribution in [1.82, 2.24) is 9.97 Å². The number of hydrogen-bond acceptors (Lipinski definition) is 6. The molecule has 0 unspecified atom stereocenters. The molecule has 0 saturated carbocycles. The van der Waals surface area contributed by atoms with Crippen LogP contribution in [0.4, 0.5) is 11.5 Å². The SMILES string of the molecule is CNc1nc(C)nc(Oc2cccc(C)c2[N+](=O)[O-])c1C. The van der Waals surface area contributed by atoms with E-state index in [1.807, 2.05) is 0 Å². The van der Waals surface area contributed by atoms with Crippen LogP contribution in [0.25, 0.3) is 0 Å². The topological polar surface area (TPSA) is 90.2 Å². The molecule has 0 fully saturated rings. The quantitative estimate of drug-likeness (QED) is 0.686. The van der Waals surface area contributed by atoms with Gasteiger partial charge in [0.05, 0.1) is 10.5 Å². The van der Waals surface area contributed by atoms with E-state index in [1.165, 1.54) is 0 Å². The van der Waals surface area contributed by atoms with Gasteiger partial charge in [0.15, 0.2) is 0 Å². The molecule has 7 nitrogen and oxygen atoms in total. The molecule has 0 aliphatic rings. The number of para-hydroxylation sites is 1. The van der Waals surface area contributed by atoms with Gasteiger partial charge in [-0.3, -0.25) is 10.1 Å². The molecule has 1 N–H and O–H groups in total. The molecule has 7 heteroatoms. The van der Waals surface area contributed by atoms with Crippen molar-refractivity contribution in [2.24, 2.45) is 0 Å². The summed E-state index contributed by atoms with van der Waals surface area (Å²) in [5.74, 6) is 1.63. The molecule has 0 radical (unpaired) electrons. The Hall–Kier alpha value is -2.70. The number of nitro groups is 1. The summed E-state index contributed by atoms with van der Waals surface area (Å²) >= 11 is 0. The van der Waals surface area contributed by atoms with Crippen molar-refractivity contribution >= 4 is 11.5 Å². The van der Waals surface area contributed by atoms with E-state index in [4.69, 9.17) is 4.74 Å². The average Bonchev–Trinajstić information content (AvgIpc) is 2.42. The Morgan fingerprint density at radius 3 is 2.57 bits per heavy atom. The fraction of sp³-hybridized carbons (Fsp3) is 0.286. The minimum absolute atomic E-state index is 0.0563. The fourth-order valence-corrected chi connectivity index (χ4v) is 2.00. The number of nitro benzene ring substituents is 1. The molecule has 1 aromatic heterocycles. The van der Waals surface area contributed by atoms with Gasteiger partial charge in [0, 0.05) is 12.6 Å². The number of benzene rings is 1. The maximum atomic E-state index is 11.2. The highest BCUT2D eigenvalue weighted by Gasteiger charge is 2.20. The third kappa shape index (κ3) is 2.91. The molecule has 2 rings (SSSR count). The number of aromatic nitrogens is 2. The minimum Gasteiger partial charge on any atom is -0.431 e. The van der Waals surface area contributed by atoms with E-state index in [9.17, 15) is 10.1 Å². The Kier molecular flexibility index (Phi) is 4.02. The standard InChI is InChI=1S/C14H16N4O3/c1-8-6-5-7-11(12(8)18(19)20)21-14-9(2)13(15-4)16-10(3)17-14/h5-7H,1-4H3,(H,15,16,17). The van der Waals surface area contributed by atoms with E-state index < -0.39 is 4.92 Å². The molecular weight excluding hydrogens is 272 g/mol. The second-order valence-electron chi connectivity index (χ2n) is 4.58. The second-order valence-corrected chi connectivity index (χ2v) is 4.58. The molecule has 0 saturated heterocycles.